The van der Waals surface area contributed by atoms with Crippen LogP contribution < -0.4 is 5.32 Å². The molecule has 0 spiro atoms. The van der Waals surface area contributed by atoms with Crippen molar-refractivity contribution in [2.24, 2.45) is 0 Å². The summed E-state index contributed by atoms with van der Waals surface area (Å²) in [6, 6.07) is 1.89. The van der Waals surface area contributed by atoms with E-state index in [1.54, 1.807) is 12.5 Å². The van der Waals surface area contributed by atoms with Gasteiger partial charge in [0, 0.05) is 6.20 Å². The molecular formula is C9H9N3. The Kier molecular flexibility index (Phi) is 1.86. The van der Waals surface area contributed by atoms with E-state index in [1.165, 1.54) is 0 Å². The van der Waals surface area contributed by atoms with E-state index in [9.17, 15) is 0 Å². The first kappa shape index (κ1) is 7.03. The zero-order valence-corrected chi connectivity index (χ0v) is 6.57. The van der Waals surface area contributed by atoms with Crippen LogP contribution in [0.5, 0.6) is 0 Å². The third-order valence-corrected chi connectivity index (χ3v) is 1.67. The second-order valence-corrected chi connectivity index (χ2v) is 2.49. The molecule has 0 aliphatic carbocycles. The number of dihydropyridines is 1. The molecule has 0 aromatic carbocycles. The van der Waals surface area contributed by atoms with Gasteiger partial charge in [-0.05, 0) is 18.7 Å². The van der Waals surface area contributed by atoms with Gasteiger partial charge in [-0.2, -0.15) is 0 Å². The predicted octanol–water partition coefficient (Wildman–Crippen LogP) is 1.32. The molecule has 0 radical (unpaired) electrons. The molecule has 3 heteroatoms. The molecule has 0 unspecified atom stereocenters. The number of hydrogen-bond donors (Lipinski definition) is 1. The monoisotopic (exact) mass is 159 g/mol. The first-order valence-electron chi connectivity index (χ1n) is 3.85. The van der Waals surface area contributed by atoms with Crippen LogP contribution in [0.3, 0.4) is 0 Å². The van der Waals surface area contributed by atoms with Crippen molar-refractivity contribution >= 4 is 5.70 Å². The molecule has 0 atom stereocenters. The molecule has 0 amide bonds. The van der Waals surface area contributed by atoms with E-state index in [0.717, 1.165) is 17.8 Å². The molecule has 2 rings (SSSR count). The van der Waals surface area contributed by atoms with E-state index in [-0.39, 0.29) is 0 Å². The summed E-state index contributed by atoms with van der Waals surface area (Å²) < 4.78 is 0. The average molecular weight is 159 g/mol. The fourth-order valence-electron chi connectivity index (χ4n) is 1.09. The van der Waals surface area contributed by atoms with Crippen molar-refractivity contribution in [3.05, 3.63) is 42.6 Å². The Balaban J connectivity index is 2.26. The first-order chi connectivity index (χ1) is 5.97. The van der Waals surface area contributed by atoms with Crippen molar-refractivity contribution in [3.63, 3.8) is 0 Å². The summed E-state index contributed by atoms with van der Waals surface area (Å²) in [7, 11) is 0. The number of hydrogen-bond acceptors (Lipinski definition) is 3. The van der Waals surface area contributed by atoms with Crippen LogP contribution in [0.4, 0.5) is 0 Å². The summed E-state index contributed by atoms with van der Waals surface area (Å²) in [4.78, 5) is 7.98. The molecule has 60 valence electrons. The maximum atomic E-state index is 4.13. The summed E-state index contributed by atoms with van der Waals surface area (Å²) in [5.74, 6) is 0. The molecule has 0 bridgehead atoms. The second-order valence-electron chi connectivity index (χ2n) is 2.49. The van der Waals surface area contributed by atoms with Crippen LogP contribution in [0, 0.1) is 0 Å². The van der Waals surface area contributed by atoms with Crippen molar-refractivity contribution in [2.45, 2.75) is 6.42 Å². The van der Waals surface area contributed by atoms with Gasteiger partial charge >= 0.3 is 0 Å². The van der Waals surface area contributed by atoms with E-state index in [2.05, 4.69) is 27.4 Å². The summed E-state index contributed by atoms with van der Waals surface area (Å²) in [5, 5.41) is 3.13. The quantitative estimate of drug-likeness (QED) is 0.671. The van der Waals surface area contributed by atoms with E-state index >= 15 is 0 Å². The van der Waals surface area contributed by atoms with Gasteiger partial charge in [0.25, 0.3) is 0 Å². The Bertz CT molecular complexity index is 314. The fourth-order valence-corrected chi connectivity index (χ4v) is 1.09. The molecule has 1 aromatic heterocycles. The highest BCUT2D eigenvalue weighted by atomic mass is 14.9. The number of aromatic nitrogens is 2. The van der Waals surface area contributed by atoms with Crippen molar-refractivity contribution in [3.8, 4) is 0 Å². The summed E-state index contributed by atoms with van der Waals surface area (Å²) in [6.45, 7) is 0. The van der Waals surface area contributed by atoms with Crippen molar-refractivity contribution < 1.29 is 0 Å². The number of nitrogens with zero attached hydrogens (tertiary/aromatic N) is 2. The maximum absolute atomic E-state index is 4.13. The first-order valence-corrected chi connectivity index (χ1v) is 3.85. The minimum Gasteiger partial charge on any atom is -0.360 e. The lowest BCUT2D eigenvalue weighted by molar-refractivity contribution is 1.07. The standard InChI is InChI=1S/C9H9N3/c1-2-5-11-8(3-1)9-4-6-10-7-12-9/h2-7,11H,1H2. The Morgan fingerprint density at radius 2 is 2.42 bits per heavy atom. The van der Waals surface area contributed by atoms with Crippen LogP contribution in [0.15, 0.2) is 36.9 Å². The van der Waals surface area contributed by atoms with Gasteiger partial charge in [-0.15, -0.1) is 0 Å². The van der Waals surface area contributed by atoms with Crippen LogP contribution in [0.1, 0.15) is 12.1 Å². The summed E-state index contributed by atoms with van der Waals surface area (Å²) >= 11 is 0. The third kappa shape index (κ3) is 1.34. The Morgan fingerprint density at radius 3 is 3.08 bits per heavy atom. The van der Waals surface area contributed by atoms with Crippen molar-refractivity contribution in [1.82, 2.24) is 15.3 Å². The number of allylic oxidation sites excluding steroid dienone is 2. The van der Waals surface area contributed by atoms with Gasteiger partial charge in [0.1, 0.15) is 6.33 Å². The fraction of sp³-hybridized carbons (Fsp3) is 0.111. The zero-order chi connectivity index (χ0) is 8.23. The van der Waals surface area contributed by atoms with Crippen molar-refractivity contribution in [1.29, 1.82) is 0 Å². The molecule has 1 N–H and O–H groups in total. The van der Waals surface area contributed by atoms with Gasteiger partial charge < -0.3 is 5.32 Å². The molecule has 0 saturated heterocycles. The minimum absolute atomic E-state index is 0.939. The highest BCUT2D eigenvalue weighted by Crippen LogP contribution is 2.10. The molecule has 3 nitrogen and oxygen atoms in total. The highest BCUT2D eigenvalue weighted by Gasteiger charge is 2.01. The molecule has 12 heavy (non-hydrogen) atoms. The largest absolute Gasteiger partial charge is 0.360 e. The summed E-state index contributed by atoms with van der Waals surface area (Å²) in [6.07, 6.45) is 10.3. The van der Waals surface area contributed by atoms with Gasteiger partial charge in [-0.3, -0.25) is 0 Å². The van der Waals surface area contributed by atoms with E-state index in [0.29, 0.717) is 0 Å². The number of nitrogens with one attached hydrogen (secondary N) is 1. The normalized spacial score (nSPS) is 15.2. The highest BCUT2D eigenvalue weighted by molar-refractivity contribution is 5.62. The van der Waals surface area contributed by atoms with Crippen LogP contribution in [0.2, 0.25) is 0 Å². The van der Waals surface area contributed by atoms with E-state index < -0.39 is 0 Å². The van der Waals surface area contributed by atoms with E-state index in [1.807, 2.05) is 12.3 Å². The van der Waals surface area contributed by atoms with Crippen LogP contribution >= 0.6 is 0 Å². The predicted molar refractivity (Wildman–Crippen MR) is 46.9 cm³/mol. The van der Waals surface area contributed by atoms with Crippen LogP contribution in [0.25, 0.3) is 5.70 Å². The molecular weight excluding hydrogens is 150 g/mol. The Labute approximate surface area is 70.9 Å². The van der Waals surface area contributed by atoms with Gasteiger partial charge in [0.05, 0.1) is 11.4 Å². The van der Waals surface area contributed by atoms with E-state index in [4.69, 9.17) is 0 Å². The van der Waals surface area contributed by atoms with Gasteiger partial charge in [0.15, 0.2) is 0 Å². The second kappa shape index (κ2) is 3.17. The number of rotatable bonds is 1. The third-order valence-electron chi connectivity index (χ3n) is 1.67. The average Bonchev–Trinajstić information content (AvgIpc) is 2.21. The minimum atomic E-state index is 0.939. The molecule has 1 aliphatic heterocycles. The molecule has 0 fully saturated rings. The lowest BCUT2D eigenvalue weighted by Gasteiger charge is -2.08. The molecule has 1 aromatic rings. The van der Waals surface area contributed by atoms with Crippen LogP contribution in [-0.4, -0.2) is 9.97 Å². The lowest BCUT2D eigenvalue weighted by Crippen LogP contribution is -2.07. The summed E-state index contributed by atoms with van der Waals surface area (Å²) in [5.41, 5.74) is 1.99. The van der Waals surface area contributed by atoms with Gasteiger partial charge in [-0.1, -0.05) is 12.2 Å². The Hall–Kier alpha value is -1.64. The molecule has 2 heterocycles. The topological polar surface area (TPSA) is 37.8 Å². The zero-order valence-electron chi connectivity index (χ0n) is 6.57. The molecule has 1 aliphatic rings. The van der Waals surface area contributed by atoms with Crippen LogP contribution in [-0.2, 0) is 0 Å². The van der Waals surface area contributed by atoms with Gasteiger partial charge in [0.2, 0.25) is 0 Å². The lowest BCUT2D eigenvalue weighted by atomic mass is 10.2. The van der Waals surface area contributed by atoms with Crippen molar-refractivity contribution in [2.75, 3.05) is 0 Å². The Morgan fingerprint density at radius 1 is 1.42 bits per heavy atom. The van der Waals surface area contributed by atoms with Gasteiger partial charge in [-0.25, -0.2) is 9.97 Å². The maximum Gasteiger partial charge on any atom is 0.116 e. The SMILES string of the molecule is C1=CNC(c2ccncn2)=CC1. The smallest absolute Gasteiger partial charge is 0.116 e. The molecule has 0 saturated carbocycles.